The highest BCUT2D eigenvalue weighted by atomic mass is 35.5. The van der Waals surface area contributed by atoms with E-state index in [9.17, 15) is 4.39 Å². The molecule has 0 unspecified atom stereocenters. The third-order valence-corrected chi connectivity index (χ3v) is 4.17. The van der Waals surface area contributed by atoms with Crippen LogP contribution in [0.15, 0.2) is 59.0 Å². The molecule has 3 rings (SSSR count). The van der Waals surface area contributed by atoms with Crippen molar-refractivity contribution in [3.8, 4) is 11.3 Å². The number of halogens is 3. The Labute approximate surface area is 150 Å². The third-order valence-electron chi connectivity index (χ3n) is 3.73. The predicted molar refractivity (Wildman–Crippen MR) is 94.8 cm³/mol. The van der Waals surface area contributed by atoms with Crippen molar-refractivity contribution in [1.29, 1.82) is 0 Å². The van der Waals surface area contributed by atoms with E-state index in [1.807, 2.05) is 36.4 Å². The normalized spacial score (nSPS) is 11.0. The summed E-state index contributed by atoms with van der Waals surface area (Å²) in [7, 11) is 0. The Kier molecular flexibility index (Phi) is 5.56. The summed E-state index contributed by atoms with van der Waals surface area (Å²) in [6.07, 6.45) is 0.685. The van der Waals surface area contributed by atoms with Crippen LogP contribution in [0.25, 0.3) is 11.3 Å². The van der Waals surface area contributed by atoms with E-state index >= 15 is 0 Å². The smallest absolute Gasteiger partial charge is 0.158 e. The lowest BCUT2D eigenvalue weighted by atomic mass is 10.1. The largest absolute Gasteiger partial charge is 0.455 e. The van der Waals surface area contributed by atoms with Gasteiger partial charge in [0.15, 0.2) is 5.76 Å². The number of rotatable bonds is 6. The summed E-state index contributed by atoms with van der Waals surface area (Å²) < 4.78 is 19.4. The van der Waals surface area contributed by atoms with Gasteiger partial charge in [0.2, 0.25) is 0 Å². The molecule has 0 radical (unpaired) electrons. The number of benzene rings is 2. The molecule has 0 amide bonds. The van der Waals surface area contributed by atoms with Crippen molar-refractivity contribution in [2.75, 3.05) is 6.54 Å². The lowest BCUT2D eigenvalue weighted by molar-refractivity contribution is -0.671. The zero-order chi connectivity index (χ0) is 16.9. The van der Waals surface area contributed by atoms with Crippen LogP contribution in [0.2, 0.25) is 10.0 Å². The average molecular weight is 365 g/mol. The number of quaternary nitrogens is 1. The molecule has 2 N–H and O–H groups in total. The van der Waals surface area contributed by atoms with Crippen molar-refractivity contribution >= 4 is 23.2 Å². The van der Waals surface area contributed by atoms with Crippen molar-refractivity contribution < 1.29 is 14.1 Å². The molecule has 0 aliphatic rings. The molecule has 0 saturated heterocycles. The fourth-order valence-corrected chi connectivity index (χ4v) is 3.07. The Morgan fingerprint density at radius 2 is 1.71 bits per heavy atom. The maximum atomic E-state index is 13.5. The summed E-state index contributed by atoms with van der Waals surface area (Å²) in [5.41, 5.74) is 1.59. The molecular weight excluding hydrogens is 348 g/mol. The highest BCUT2D eigenvalue weighted by Gasteiger charge is 2.08. The number of nitrogens with two attached hydrogens (primary N) is 1. The molecule has 0 spiro atoms. The fraction of sp³-hybridized carbons (Fsp3) is 0.158. The Morgan fingerprint density at radius 3 is 2.46 bits per heavy atom. The number of furan rings is 1. The van der Waals surface area contributed by atoms with E-state index in [2.05, 4.69) is 5.32 Å². The van der Waals surface area contributed by atoms with Gasteiger partial charge in [-0.1, -0.05) is 41.4 Å². The van der Waals surface area contributed by atoms with Gasteiger partial charge in [-0.2, -0.15) is 0 Å². The number of hydrogen-bond acceptors (Lipinski definition) is 1. The third kappa shape index (κ3) is 4.38. The molecule has 0 atom stereocenters. The maximum absolute atomic E-state index is 13.5. The Bertz CT molecular complexity index is 811. The molecule has 2 aromatic carbocycles. The standard InChI is InChI=1S/C19H16Cl2FNO/c20-15-9-14(10-16(21)11-15)19-6-5-17(24-19)12-23-8-7-13-3-1-2-4-18(13)22/h1-6,9-11,23H,7-8,12H2/p+1. The lowest BCUT2D eigenvalue weighted by Gasteiger charge is -2.02. The molecule has 0 fully saturated rings. The van der Waals surface area contributed by atoms with Crippen LogP contribution in [0.5, 0.6) is 0 Å². The Hall–Kier alpha value is -1.81. The highest BCUT2D eigenvalue weighted by Crippen LogP contribution is 2.28. The van der Waals surface area contributed by atoms with Crippen LogP contribution in [0.1, 0.15) is 11.3 Å². The van der Waals surface area contributed by atoms with Crippen LogP contribution in [0.4, 0.5) is 4.39 Å². The summed E-state index contributed by atoms with van der Waals surface area (Å²) in [5.74, 6) is 1.44. The van der Waals surface area contributed by atoms with E-state index in [1.165, 1.54) is 6.07 Å². The van der Waals surface area contributed by atoms with Crippen molar-refractivity contribution in [3.05, 3.63) is 81.8 Å². The van der Waals surface area contributed by atoms with Gasteiger partial charge in [0.1, 0.15) is 18.1 Å². The zero-order valence-corrected chi connectivity index (χ0v) is 14.4. The van der Waals surface area contributed by atoms with Crippen LogP contribution >= 0.6 is 23.2 Å². The van der Waals surface area contributed by atoms with Gasteiger partial charge in [0.05, 0.1) is 6.54 Å². The molecule has 1 aromatic heterocycles. The second-order valence-corrected chi connectivity index (χ2v) is 6.42. The van der Waals surface area contributed by atoms with E-state index in [0.717, 1.165) is 29.2 Å². The van der Waals surface area contributed by atoms with Crippen molar-refractivity contribution in [1.82, 2.24) is 0 Å². The molecule has 1 heterocycles. The zero-order valence-electron chi connectivity index (χ0n) is 12.9. The molecule has 0 bridgehead atoms. The van der Waals surface area contributed by atoms with E-state index in [1.54, 1.807) is 12.1 Å². The van der Waals surface area contributed by atoms with Gasteiger partial charge in [0.25, 0.3) is 0 Å². The van der Waals surface area contributed by atoms with Gasteiger partial charge in [-0.25, -0.2) is 4.39 Å². The summed E-state index contributed by atoms with van der Waals surface area (Å²) in [6, 6.07) is 16.0. The van der Waals surface area contributed by atoms with Crippen molar-refractivity contribution in [2.45, 2.75) is 13.0 Å². The first-order chi connectivity index (χ1) is 11.6. The minimum Gasteiger partial charge on any atom is -0.455 e. The van der Waals surface area contributed by atoms with Crippen LogP contribution in [0, 0.1) is 5.82 Å². The molecule has 2 nitrogen and oxygen atoms in total. The Morgan fingerprint density at radius 1 is 0.958 bits per heavy atom. The van der Waals surface area contributed by atoms with Crippen LogP contribution in [-0.2, 0) is 13.0 Å². The number of hydrogen-bond donors (Lipinski definition) is 1. The fourth-order valence-electron chi connectivity index (χ4n) is 2.54. The molecule has 3 aromatic rings. The topological polar surface area (TPSA) is 29.8 Å². The predicted octanol–water partition coefficient (Wildman–Crippen LogP) is 4.70. The summed E-state index contributed by atoms with van der Waals surface area (Å²) >= 11 is 12.0. The van der Waals surface area contributed by atoms with E-state index < -0.39 is 0 Å². The monoisotopic (exact) mass is 364 g/mol. The molecule has 124 valence electrons. The lowest BCUT2D eigenvalue weighted by Crippen LogP contribution is -2.83. The van der Waals surface area contributed by atoms with Gasteiger partial charge >= 0.3 is 0 Å². The van der Waals surface area contributed by atoms with E-state index in [0.29, 0.717) is 23.0 Å². The molecule has 0 aliphatic heterocycles. The minimum absolute atomic E-state index is 0.149. The first-order valence-electron chi connectivity index (χ1n) is 7.72. The second kappa shape index (κ2) is 7.84. The molecular formula is C19H17Cl2FNO+. The molecule has 0 aliphatic carbocycles. The molecule has 0 saturated carbocycles. The first-order valence-corrected chi connectivity index (χ1v) is 8.47. The van der Waals surface area contributed by atoms with Gasteiger partial charge in [-0.15, -0.1) is 0 Å². The van der Waals surface area contributed by atoms with Crippen LogP contribution < -0.4 is 5.32 Å². The van der Waals surface area contributed by atoms with Crippen LogP contribution in [-0.4, -0.2) is 6.54 Å². The maximum Gasteiger partial charge on any atom is 0.158 e. The van der Waals surface area contributed by atoms with Gasteiger partial charge < -0.3 is 9.73 Å². The quantitative estimate of drug-likeness (QED) is 0.631. The first kappa shape index (κ1) is 17.0. The minimum atomic E-state index is -0.149. The summed E-state index contributed by atoms with van der Waals surface area (Å²) in [4.78, 5) is 0. The van der Waals surface area contributed by atoms with Gasteiger partial charge in [-0.05, 0) is 42.0 Å². The van der Waals surface area contributed by atoms with Crippen molar-refractivity contribution in [2.24, 2.45) is 0 Å². The van der Waals surface area contributed by atoms with Crippen molar-refractivity contribution in [3.63, 3.8) is 0 Å². The Balaban J connectivity index is 1.56. The SMILES string of the molecule is Fc1ccccc1CC[NH2+]Cc1ccc(-c2cc(Cl)cc(Cl)c2)o1. The van der Waals surface area contributed by atoms with Gasteiger partial charge in [0, 0.05) is 22.0 Å². The molecule has 24 heavy (non-hydrogen) atoms. The second-order valence-electron chi connectivity index (χ2n) is 5.55. The van der Waals surface area contributed by atoms with E-state index in [4.69, 9.17) is 27.6 Å². The van der Waals surface area contributed by atoms with Gasteiger partial charge in [-0.3, -0.25) is 0 Å². The van der Waals surface area contributed by atoms with Crippen LogP contribution in [0.3, 0.4) is 0 Å². The summed E-state index contributed by atoms with van der Waals surface area (Å²) in [6.45, 7) is 1.49. The summed E-state index contributed by atoms with van der Waals surface area (Å²) in [5, 5.41) is 3.25. The average Bonchev–Trinajstić information content (AvgIpc) is 3.01. The molecule has 5 heteroatoms. The van der Waals surface area contributed by atoms with E-state index in [-0.39, 0.29) is 5.82 Å². The highest BCUT2D eigenvalue weighted by molar-refractivity contribution is 6.35.